The minimum atomic E-state index is -1.08. The van der Waals surface area contributed by atoms with Gasteiger partial charge < -0.3 is 10.0 Å². The zero-order valence-corrected chi connectivity index (χ0v) is 16.9. The first kappa shape index (κ1) is 21.6. The zero-order chi connectivity index (χ0) is 20.8. The number of hydrogen-bond acceptors (Lipinski definition) is 3. The molecule has 0 bridgehead atoms. The summed E-state index contributed by atoms with van der Waals surface area (Å²) in [6, 6.07) is 5.71. The maximum atomic E-state index is 13.1. The summed E-state index contributed by atoms with van der Waals surface area (Å²) < 4.78 is 15.0. The molecule has 0 aliphatic rings. The number of carbonyl (C=O) groups excluding carboxylic acids is 1. The van der Waals surface area contributed by atoms with Crippen LogP contribution in [0, 0.1) is 25.6 Å². The van der Waals surface area contributed by atoms with Gasteiger partial charge in [-0.05, 0) is 49.4 Å². The molecule has 7 heteroatoms. The number of halogens is 1. The van der Waals surface area contributed by atoms with E-state index in [4.69, 9.17) is 5.11 Å². The number of rotatable bonds is 9. The highest BCUT2D eigenvalue weighted by Gasteiger charge is 2.19. The van der Waals surface area contributed by atoms with Gasteiger partial charge in [-0.15, -0.1) is 0 Å². The normalized spacial score (nSPS) is 11.1. The van der Waals surface area contributed by atoms with E-state index in [-0.39, 0.29) is 31.2 Å². The molecular formula is C21H28FN3O3. The molecule has 0 saturated heterocycles. The minimum Gasteiger partial charge on any atom is -0.480 e. The number of nitrogens with zero attached hydrogens (tertiary/aromatic N) is 3. The van der Waals surface area contributed by atoms with Gasteiger partial charge in [0.25, 0.3) is 0 Å². The van der Waals surface area contributed by atoms with Crippen LogP contribution in [0.4, 0.5) is 4.39 Å². The molecule has 1 aromatic carbocycles. The van der Waals surface area contributed by atoms with E-state index in [0.29, 0.717) is 17.9 Å². The van der Waals surface area contributed by atoms with Crippen molar-refractivity contribution in [1.82, 2.24) is 14.7 Å². The van der Waals surface area contributed by atoms with E-state index in [1.54, 1.807) is 12.1 Å². The Morgan fingerprint density at radius 2 is 1.86 bits per heavy atom. The van der Waals surface area contributed by atoms with Gasteiger partial charge >= 0.3 is 5.97 Å². The first-order chi connectivity index (χ1) is 13.2. The molecular weight excluding hydrogens is 361 g/mol. The Labute approximate surface area is 165 Å². The third-order valence-corrected chi connectivity index (χ3v) is 4.62. The van der Waals surface area contributed by atoms with Crippen molar-refractivity contribution in [3.63, 3.8) is 0 Å². The average molecular weight is 389 g/mol. The molecule has 0 aliphatic heterocycles. The summed E-state index contributed by atoms with van der Waals surface area (Å²) in [7, 11) is 0. The van der Waals surface area contributed by atoms with Gasteiger partial charge in [0, 0.05) is 25.2 Å². The second-order valence-electron chi connectivity index (χ2n) is 7.50. The molecule has 6 nitrogen and oxygen atoms in total. The summed E-state index contributed by atoms with van der Waals surface area (Å²) >= 11 is 0. The van der Waals surface area contributed by atoms with Crippen LogP contribution < -0.4 is 0 Å². The quantitative estimate of drug-likeness (QED) is 0.714. The fraction of sp³-hybridized carbons (Fsp3) is 0.476. The smallest absolute Gasteiger partial charge is 0.323 e. The van der Waals surface area contributed by atoms with Crippen molar-refractivity contribution in [1.29, 1.82) is 0 Å². The Kier molecular flexibility index (Phi) is 7.31. The highest BCUT2D eigenvalue weighted by atomic mass is 19.1. The molecule has 0 unspecified atom stereocenters. The topological polar surface area (TPSA) is 75.4 Å². The van der Waals surface area contributed by atoms with Crippen LogP contribution in [-0.2, 0) is 29.1 Å². The maximum absolute atomic E-state index is 13.1. The Bertz CT molecular complexity index is 828. The van der Waals surface area contributed by atoms with E-state index in [1.807, 2.05) is 18.5 Å². The summed E-state index contributed by atoms with van der Waals surface area (Å²) in [5.74, 6) is -1.23. The molecule has 1 aromatic heterocycles. The Hall–Kier alpha value is -2.70. The lowest BCUT2D eigenvalue weighted by molar-refractivity contribution is -0.144. The van der Waals surface area contributed by atoms with Crippen LogP contribution in [-0.4, -0.2) is 38.2 Å². The lowest BCUT2D eigenvalue weighted by Gasteiger charge is -2.21. The minimum absolute atomic E-state index is 0.135. The lowest BCUT2D eigenvalue weighted by Crippen LogP contribution is -2.35. The molecule has 0 fully saturated rings. The molecule has 0 aliphatic carbocycles. The largest absolute Gasteiger partial charge is 0.480 e. The van der Waals surface area contributed by atoms with Crippen LogP contribution >= 0.6 is 0 Å². The van der Waals surface area contributed by atoms with Crippen molar-refractivity contribution in [3.8, 4) is 0 Å². The van der Waals surface area contributed by atoms with E-state index in [0.717, 1.165) is 23.5 Å². The average Bonchev–Trinajstić information content (AvgIpc) is 2.86. The molecule has 2 aromatic rings. The van der Waals surface area contributed by atoms with Crippen LogP contribution in [0.15, 0.2) is 24.3 Å². The Morgan fingerprint density at radius 3 is 2.43 bits per heavy atom. The molecule has 0 atom stereocenters. The Morgan fingerprint density at radius 1 is 1.21 bits per heavy atom. The molecule has 1 amide bonds. The Balaban J connectivity index is 2.08. The molecule has 2 rings (SSSR count). The number of amides is 1. The first-order valence-corrected chi connectivity index (χ1v) is 9.44. The van der Waals surface area contributed by atoms with Gasteiger partial charge in [-0.1, -0.05) is 26.0 Å². The lowest BCUT2D eigenvalue weighted by atomic mass is 10.1. The number of carboxylic acids is 1. The van der Waals surface area contributed by atoms with Gasteiger partial charge in [0.15, 0.2) is 0 Å². The van der Waals surface area contributed by atoms with Gasteiger partial charge in [0.05, 0.1) is 5.69 Å². The number of benzene rings is 1. The molecule has 28 heavy (non-hydrogen) atoms. The number of carboxylic acid groups (broad SMARTS) is 1. The van der Waals surface area contributed by atoms with Gasteiger partial charge in [-0.2, -0.15) is 5.10 Å². The van der Waals surface area contributed by atoms with E-state index < -0.39 is 5.97 Å². The van der Waals surface area contributed by atoms with Gasteiger partial charge in [0.1, 0.15) is 12.4 Å². The molecule has 1 N–H and O–H groups in total. The van der Waals surface area contributed by atoms with E-state index in [1.165, 1.54) is 17.0 Å². The van der Waals surface area contributed by atoms with Crippen molar-refractivity contribution in [2.45, 2.75) is 53.6 Å². The summed E-state index contributed by atoms with van der Waals surface area (Å²) in [4.78, 5) is 25.2. The predicted octanol–water partition coefficient (Wildman–Crippen LogP) is 3.34. The SMILES string of the molecule is Cc1nn(CC(C)C)c(C)c1CCC(=O)N(CC(=O)O)Cc1ccc(F)cc1. The number of aromatic nitrogens is 2. The third-order valence-electron chi connectivity index (χ3n) is 4.62. The highest BCUT2D eigenvalue weighted by molar-refractivity contribution is 5.81. The van der Waals surface area contributed by atoms with Gasteiger partial charge in [-0.25, -0.2) is 4.39 Å². The van der Waals surface area contributed by atoms with E-state index in [9.17, 15) is 14.0 Å². The molecule has 0 saturated carbocycles. The van der Waals surface area contributed by atoms with Crippen molar-refractivity contribution in [2.24, 2.45) is 5.92 Å². The maximum Gasteiger partial charge on any atom is 0.323 e. The predicted molar refractivity (Wildman–Crippen MR) is 104 cm³/mol. The monoisotopic (exact) mass is 389 g/mol. The number of carbonyl (C=O) groups is 2. The number of aliphatic carboxylic acids is 1. The number of aryl methyl sites for hydroxylation is 1. The number of hydrogen-bond donors (Lipinski definition) is 1. The molecule has 0 spiro atoms. The van der Waals surface area contributed by atoms with E-state index in [2.05, 4.69) is 18.9 Å². The van der Waals surface area contributed by atoms with Crippen LogP contribution in [0.3, 0.4) is 0 Å². The zero-order valence-electron chi connectivity index (χ0n) is 16.9. The summed E-state index contributed by atoms with van der Waals surface area (Å²) in [6.07, 6.45) is 0.706. The highest BCUT2D eigenvalue weighted by Crippen LogP contribution is 2.18. The van der Waals surface area contributed by atoms with Gasteiger partial charge in [-0.3, -0.25) is 14.3 Å². The fourth-order valence-corrected chi connectivity index (χ4v) is 3.22. The molecule has 152 valence electrons. The fourth-order valence-electron chi connectivity index (χ4n) is 3.22. The van der Waals surface area contributed by atoms with E-state index >= 15 is 0 Å². The van der Waals surface area contributed by atoms with Crippen LogP contribution in [0.1, 0.15) is 42.8 Å². The third kappa shape index (κ3) is 5.90. The van der Waals surface area contributed by atoms with Crippen LogP contribution in [0.25, 0.3) is 0 Å². The summed E-state index contributed by atoms with van der Waals surface area (Å²) in [5, 5.41) is 13.7. The second-order valence-corrected chi connectivity index (χ2v) is 7.50. The van der Waals surface area contributed by atoms with Gasteiger partial charge in [0.2, 0.25) is 5.91 Å². The van der Waals surface area contributed by atoms with Crippen LogP contribution in [0.2, 0.25) is 0 Å². The molecule has 1 heterocycles. The standard InChI is InChI=1S/C21H28FN3O3/c1-14(2)11-25-16(4)19(15(3)23-25)9-10-20(26)24(13-21(27)28)12-17-5-7-18(22)8-6-17/h5-8,14H,9-13H2,1-4H3,(H,27,28). The summed E-state index contributed by atoms with van der Waals surface area (Å²) in [6.45, 7) is 8.73. The van der Waals surface area contributed by atoms with Crippen LogP contribution in [0.5, 0.6) is 0 Å². The van der Waals surface area contributed by atoms with Crippen molar-refractivity contribution in [2.75, 3.05) is 6.54 Å². The summed E-state index contributed by atoms with van der Waals surface area (Å²) in [5.41, 5.74) is 3.66. The van der Waals surface area contributed by atoms with Crippen molar-refractivity contribution < 1.29 is 19.1 Å². The van der Waals surface area contributed by atoms with Crippen molar-refractivity contribution >= 4 is 11.9 Å². The molecule has 0 radical (unpaired) electrons. The van der Waals surface area contributed by atoms with Crippen molar-refractivity contribution in [3.05, 3.63) is 52.6 Å². The second kappa shape index (κ2) is 9.48. The first-order valence-electron chi connectivity index (χ1n) is 9.44.